The Kier molecular flexibility index (Phi) is 7.00. The minimum Gasteiger partial charge on any atom is -0.454 e. The molecule has 32 heavy (non-hydrogen) atoms. The van der Waals surface area contributed by atoms with Gasteiger partial charge in [-0.3, -0.25) is 9.80 Å². The van der Waals surface area contributed by atoms with Crippen LogP contribution in [-0.4, -0.2) is 73.2 Å². The number of benzene rings is 1. The highest BCUT2D eigenvalue weighted by molar-refractivity contribution is 5.85. The van der Waals surface area contributed by atoms with Crippen LogP contribution in [0.3, 0.4) is 0 Å². The molecule has 4 aliphatic rings. The van der Waals surface area contributed by atoms with E-state index in [1.807, 2.05) is 6.07 Å². The van der Waals surface area contributed by atoms with Crippen LogP contribution in [0, 0.1) is 16.7 Å². The van der Waals surface area contributed by atoms with Gasteiger partial charge in [-0.05, 0) is 53.7 Å². The molecule has 1 aromatic rings. The highest BCUT2D eigenvalue weighted by Gasteiger charge is 2.60. The predicted octanol–water partition coefficient (Wildman–Crippen LogP) is 3.55. The summed E-state index contributed by atoms with van der Waals surface area (Å²) in [5.74, 6) is 2.47. The fourth-order valence-electron chi connectivity index (χ4n) is 6.66. The van der Waals surface area contributed by atoms with E-state index in [0.717, 1.165) is 50.1 Å². The number of rotatable bonds is 7. The van der Waals surface area contributed by atoms with Gasteiger partial charge < -0.3 is 19.3 Å². The van der Waals surface area contributed by atoms with Crippen molar-refractivity contribution in [1.29, 1.82) is 0 Å². The zero-order chi connectivity index (χ0) is 21.6. The van der Waals surface area contributed by atoms with Crippen molar-refractivity contribution in [1.82, 2.24) is 9.80 Å². The van der Waals surface area contributed by atoms with Gasteiger partial charge in [0, 0.05) is 39.3 Å². The summed E-state index contributed by atoms with van der Waals surface area (Å²) < 4.78 is 17.3. The summed E-state index contributed by atoms with van der Waals surface area (Å²) in [7, 11) is 0. The van der Waals surface area contributed by atoms with Crippen LogP contribution in [0.1, 0.15) is 45.6 Å². The normalized spacial score (nSPS) is 32.1. The molecule has 6 nitrogen and oxygen atoms in total. The minimum absolute atomic E-state index is 0. The molecule has 180 valence electrons. The molecule has 0 radical (unpaired) electrons. The standard InChI is InChI=1S/C25H38N2O4.ClH/c1-24(2)19-6-7-25(3,13-19)23(24)29-16-20(28)15-27-10-8-26(9-11-27)14-18-4-5-21-22(12-18)31-17-30-21;/h4-5,12,19-20,23,28H,6-11,13-17H2,1-3H3;1H. The molecule has 4 atom stereocenters. The molecule has 2 aliphatic heterocycles. The molecule has 3 fully saturated rings. The highest BCUT2D eigenvalue weighted by Crippen LogP contribution is 2.63. The van der Waals surface area contributed by atoms with Crippen LogP contribution < -0.4 is 9.47 Å². The third-order valence-electron chi connectivity index (χ3n) is 8.37. The zero-order valence-corrected chi connectivity index (χ0v) is 20.5. The summed E-state index contributed by atoms with van der Waals surface area (Å²) in [6.45, 7) is 13.5. The molecule has 2 heterocycles. The highest BCUT2D eigenvalue weighted by atomic mass is 35.5. The van der Waals surface area contributed by atoms with Crippen molar-refractivity contribution in [2.24, 2.45) is 16.7 Å². The smallest absolute Gasteiger partial charge is 0.231 e. The number of aliphatic hydroxyl groups is 1. The Bertz CT molecular complexity index is 793. The lowest BCUT2D eigenvalue weighted by Gasteiger charge is -2.43. The van der Waals surface area contributed by atoms with Crippen LogP contribution in [0.2, 0.25) is 0 Å². The number of hydrogen-bond donors (Lipinski definition) is 1. The Morgan fingerprint density at radius 2 is 1.81 bits per heavy atom. The van der Waals surface area contributed by atoms with Gasteiger partial charge in [0.05, 0.1) is 18.8 Å². The number of aliphatic hydroxyl groups excluding tert-OH is 1. The summed E-state index contributed by atoms with van der Waals surface area (Å²) in [6.07, 6.45) is 3.74. The van der Waals surface area contributed by atoms with Crippen molar-refractivity contribution >= 4 is 12.4 Å². The van der Waals surface area contributed by atoms with Gasteiger partial charge in [0.25, 0.3) is 0 Å². The lowest BCUT2D eigenvalue weighted by Crippen LogP contribution is -2.49. The molecule has 1 saturated heterocycles. The van der Waals surface area contributed by atoms with Crippen LogP contribution in [0.5, 0.6) is 11.5 Å². The van der Waals surface area contributed by atoms with E-state index in [1.165, 1.54) is 24.8 Å². The third kappa shape index (κ3) is 4.62. The first-order chi connectivity index (χ1) is 14.8. The van der Waals surface area contributed by atoms with E-state index >= 15 is 0 Å². The van der Waals surface area contributed by atoms with Crippen LogP contribution in [0.15, 0.2) is 18.2 Å². The second-order valence-corrected chi connectivity index (χ2v) is 11.0. The van der Waals surface area contributed by atoms with Crippen LogP contribution in [-0.2, 0) is 11.3 Å². The first-order valence-corrected chi connectivity index (χ1v) is 12.0. The van der Waals surface area contributed by atoms with E-state index in [9.17, 15) is 5.11 Å². The molecule has 2 bridgehead atoms. The topological polar surface area (TPSA) is 54.4 Å². The summed E-state index contributed by atoms with van der Waals surface area (Å²) in [5, 5.41) is 10.7. The minimum atomic E-state index is -0.418. The molecular weight excluding hydrogens is 428 g/mol. The van der Waals surface area contributed by atoms with Gasteiger partial charge in [-0.15, -0.1) is 12.4 Å². The van der Waals surface area contributed by atoms with Crippen LogP contribution in [0.4, 0.5) is 0 Å². The first kappa shape index (κ1) is 24.1. The van der Waals surface area contributed by atoms with Gasteiger partial charge >= 0.3 is 0 Å². The quantitative estimate of drug-likeness (QED) is 0.663. The average molecular weight is 467 g/mol. The number of β-amino-alcohol motifs (C(OH)–C–C–N with tert-alkyl or cyclic N) is 1. The lowest BCUT2D eigenvalue weighted by molar-refractivity contribution is -0.114. The van der Waals surface area contributed by atoms with E-state index in [0.29, 0.717) is 25.4 Å². The number of fused-ring (bicyclic) bond motifs is 3. The SMILES string of the molecule is CC12CCC(C1)C(C)(C)C2OCC(O)CN1CCN(Cc2ccc3c(c2)OCO3)CC1.Cl. The molecule has 1 N–H and O–H groups in total. The van der Waals surface area contributed by atoms with Gasteiger partial charge in [0.15, 0.2) is 11.5 Å². The number of piperazine rings is 1. The molecule has 0 aromatic heterocycles. The van der Waals surface area contributed by atoms with E-state index in [2.05, 4.69) is 42.7 Å². The molecule has 5 rings (SSSR count). The lowest BCUT2D eigenvalue weighted by atomic mass is 9.70. The number of hydrogen-bond acceptors (Lipinski definition) is 6. The van der Waals surface area contributed by atoms with E-state index in [4.69, 9.17) is 14.2 Å². The number of nitrogens with zero attached hydrogens (tertiary/aromatic N) is 2. The second kappa shape index (κ2) is 9.30. The largest absolute Gasteiger partial charge is 0.454 e. The van der Waals surface area contributed by atoms with Crippen molar-refractivity contribution in [3.8, 4) is 11.5 Å². The first-order valence-electron chi connectivity index (χ1n) is 12.0. The van der Waals surface area contributed by atoms with Crippen LogP contribution >= 0.6 is 12.4 Å². The van der Waals surface area contributed by atoms with Gasteiger partial charge in [0.2, 0.25) is 6.79 Å². The summed E-state index contributed by atoms with van der Waals surface area (Å²) in [6, 6.07) is 6.22. The van der Waals surface area contributed by atoms with Gasteiger partial charge in [-0.1, -0.05) is 26.8 Å². The van der Waals surface area contributed by atoms with E-state index in [-0.39, 0.29) is 23.9 Å². The van der Waals surface area contributed by atoms with E-state index < -0.39 is 6.10 Å². The molecule has 4 unspecified atom stereocenters. The van der Waals surface area contributed by atoms with Crippen LogP contribution in [0.25, 0.3) is 0 Å². The van der Waals surface area contributed by atoms with Crippen molar-refractivity contribution in [3.05, 3.63) is 23.8 Å². The maximum Gasteiger partial charge on any atom is 0.231 e. The zero-order valence-electron chi connectivity index (χ0n) is 19.7. The fraction of sp³-hybridized carbons (Fsp3) is 0.760. The molecule has 2 aliphatic carbocycles. The molecule has 0 spiro atoms. The third-order valence-corrected chi connectivity index (χ3v) is 8.37. The van der Waals surface area contributed by atoms with Gasteiger partial charge in [-0.25, -0.2) is 0 Å². The summed E-state index contributed by atoms with van der Waals surface area (Å²) in [5.41, 5.74) is 1.79. The number of halogens is 1. The maximum absolute atomic E-state index is 10.7. The average Bonchev–Trinajstić information content (AvgIpc) is 3.40. The Hall–Kier alpha value is -1.05. The van der Waals surface area contributed by atoms with Gasteiger partial charge in [0.1, 0.15) is 0 Å². The Morgan fingerprint density at radius 3 is 2.53 bits per heavy atom. The van der Waals surface area contributed by atoms with Crippen molar-refractivity contribution in [2.75, 3.05) is 46.1 Å². The Morgan fingerprint density at radius 1 is 1.09 bits per heavy atom. The molecule has 1 aromatic carbocycles. The monoisotopic (exact) mass is 466 g/mol. The maximum atomic E-state index is 10.7. The Balaban J connectivity index is 0.00000245. The summed E-state index contributed by atoms with van der Waals surface area (Å²) in [4.78, 5) is 4.84. The van der Waals surface area contributed by atoms with Crippen molar-refractivity contribution in [3.63, 3.8) is 0 Å². The van der Waals surface area contributed by atoms with Crippen molar-refractivity contribution < 1.29 is 19.3 Å². The number of ether oxygens (including phenoxy) is 3. The predicted molar refractivity (Wildman–Crippen MR) is 127 cm³/mol. The Labute approximate surface area is 198 Å². The van der Waals surface area contributed by atoms with Crippen molar-refractivity contribution in [2.45, 2.75) is 58.8 Å². The summed E-state index contributed by atoms with van der Waals surface area (Å²) >= 11 is 0. The fourth-order valence-corrected chi connectivity index (χ4v) is 6.66. The molecule has 2 saturated carbocycles. The van der Waals surface area contributed by atoms with E-state index in [1.54, 1.807) is 0 Å². The molecular formula is C25H39ClN2O4. The molecule has 7 heteroatoms. The second-order valence-electron chi connectivity index (χ2n) is 11.0. The molecule has 0 amide bonds. The van der Waals surface area contributed by atoms with Gasteiger partial charge in [-0.2, -0.15) is 0 Å².